The highest BCUT2D eigenvalue weighted by Crippen LogP contribution is 2.57. The summed E-state index contributed by atoms with van der Waals surface area (Å²) in [7, 11) is 1.80. The number of aromatic nitrogens is 2. The fourth-order valence-electron chi connectivity index (χ4n) is 5.49. The van der Waals surface area contributed by atoms with Gasteiger partial charge in [0.05, 0.1) is 6.10 Å². The number of ether oxygens (including phenoxy) is 1. The number of rotatable bonds is 3. The Morgan fingerprint density at radius 1 is 1.37 bits per heavy atom. The minimum absolute atomic E-state index is 0.111. The zero-order valence-corrected chi connectivity index (χ0v) is 15.9. The second-order valence-corrected chi connectivity index (χ2v) is 8.45. The first-order valence-corrected chi connectivity index (χ1v) is 10.2. The number of urea groups is 1. The SMILES string of the molecule is COC1CC(NC(=O)N2CCC(c3c[nH]c4ncccc34)CC2)C12CCC2. The monoisotopic (exact) mass is 368 g/mol. The quantitative estimate of drug-likeness (QED) is 0.872. The average Bonchev–Trinajstić information content (AvgIpc) is 3.07. The van der Waals surface area contributed by atoms with Gasteiger partial charge in [0, 0.05) is 49.4 Å². The van der Waals surface area contributed by atoms with E-state index in [-0.39, 0.29) is 11.4 Å². The van der Waals surface area contributed by atoms with Crippen LogP contribution in [0.5, 0.6) is 0 Å². The summed E-state index contributed by atoms with van der Waals surface area (Å²) in [6.07, 6.45) is 10.9. The lowest BCUT2D eigenvalue weighted by molar-refractivity contribution is -0.158. The zero-order chi connectivity index (χ0) is 18.4. The first kappa shape index (κ1) is 17.0. The van der Waals surface area contributed by atoms with Crippen LogP contribution in [0.15, 0.2) is 24.5 Å². The molecule has 2 aromatic heterocycles. The van der Waals surface area contributed by atoms with Gasteiger partial charge in [-0.1, -0.05) is 6.42 Å². The molecule has 0 bridgehead atoms. The van der Waals surface area contributed by atoms with E-state index in [2.05, 4.69) is 27.5 Å². The lowest BCUT2D eigenvalue weighted by Gasteiger charge is -2.60. The Bertz CT molecular complexity index is 836. The molecule has 2 unspecified atom stereocenters. The van der Waals surface area contributed by atoms with Gasteiger partial charge in [0.25, 0.3) is 0 Å². The van der Waals surface area contributed by atoms with Crippen molar-refractivity contribution in [1.29, 1.82) is 0 Å². The molecule has 3 fully saturated rings. The Morgan fingerprint density at radius 2 is 2.19 bits per heavy atom. The highest BCUT2D eigenvalue weighted by Gasteiger charge is 2.59. The molecule has 2 atom stereocenters. The van der Waals surface area contributed by atoms with Gasteiger partial charge >= 0.3 is 6.03 Å². The first-order chi connectivity index (χ1) is 13.2. The maximum Gasteiger partial charge on any atom is 0.317 e. The molecule has 2 aromatic rings. The molecule has 6 heteroatoms. The van der Waals surface area contributed by atoms with E-state index in [1.54, 1.807) is 7.11 Å². The molecular weight excluding hydrogens is 340 g/mol. The van der Waals surface area contributed by atoms with E-state index in [0.717, 1.165) is 38.0 Å². The molecule has 144 valence electrons. The number of aromatic amines is 1. The summed E-state index contributed by atoms with van der Waals surface area (Å²) in [5, 5.41) is 4.53. The van der Waals surface area contributed by atoms with Crippen molar-refractivity contribution in [2.45, 2.75) is 56.6 Å². The number of carbonyl (C=O) groups is 1. The van der Waals surface area contributed by atoms with E-state index in [0.29, 0.717) is 18.1 Å². The third-order valence-electron chi connectivity index (χ3n) is 7.36. The van der Waals surface area contributed by atoms with E-state index in [1.807, 2.05) is 17.2 Å². The standard InChI is InChI=1S/C21H28N4O2/c1-27-18-12-17(21(18)7-3-8-21)24-20(26)25-10-5-14(6-11-25)16-13-23-19-15(16)4-2-9-22-19/h2,4,9,13-14,17-18H,3,5-8,10-12H2,1H3,(H,22,23)(H,24,26). The number of piperidine rings is 1. The van der Waals surface area contributed by atoms with Crippen LogP contribution >= 0.6 is 0 Å². The van der Waals surface area contributed by atoms with E-state index in [1.165, 1.54) is 30.2 Å². The predicted octanol–water partition coefficient (Wildman–Crippen LogP) is 3.41. The summed E-state index contributed by atoms with van der Waals surface area (Å²) < 4.78 is 5.62. The number of likely N-dealkylation sites (tertiary alicyclic amines) is 1. The maximum absolute atomic E-state index is 12.8. The van der Waals surface area contributed by atoms with Crippen LogP contribution < -0.4 is 5.32 Å². The molecule has 1 spiro atoms. The Morgan fingerprint density at radius 3 is 2.89 bits per heavy atom. The summed E-state index contributed by atoms with van der Waals surface area (Å²) in [5.41, 5.74) is 2.52. The van der Waals surface area contributed by atoms with Crippen LogP contribution in [0.4, 0.5) is 4.79 Å². The van der Waals surface area contributed by atoms with Crippen molar-refractivity contribution in [2.24, 2.45) is 5.41 Å². The summed E-state index contributed by atoms with van der Waals surface area (Å²) in [6, 6.07) is 4.53. The minimum atomic E-state index is 0.111. The molecule has 0 radical (unpaired) electrons. The van der Waals surface area contributed by atoms with Crippen molar-refractivity contribution in [3.05, 3.63) is 30.1 Å². The number of methoxy groups -OCH3 is 1. The molecule has 5 rings (SSSR count). The Kier molecular flexibility index (Phi) is 4.11. The highest BCUT2D eigenvalue weighted by atomic mass is 16.5. The fraction of sp³-hybridized carbons (Fsp3) is 0.619. The van der Waals surface area contributed by atoms with Crippen LogP contribution in [0, 0.1) is 5.41 Å². The number of amides is 2. The van der Waals surface area contributed by atoms with Crippen LogP contribution in [0.2, 0.25) is 0 Å². The summed E-state index contributed by atoms with van der Waals surface area (Å²) in [5.74, 6) is 0.492. The van der Waals surface area contributed by atoms with Crippen molar-refractivity contribution in [3.63, 3.8) is 0 Å². The van der Waals surface area contributed by atoms with E-state index in [9.17, 15) is 4.79 Å². The molecular formula is C21H28N4O2. The average molecular weight is 368 g/mol. The van der Waals surface area contributed by atoms with Crippen molar-refractivity contribution >= 4 is 17.1 Å². The van der Waals surface area contributed by atoms with Crippen molar-refractivity contribution in [2.75, 3.05) is 20.2 Å². The molecule has 1 saturated heterocycles. The summed E-state index contributed by atoms with van der Waals surface area (Å²) >= 11 is 0. The van der Waals surface area contributed by atoms with Gasteiger partial charge in [-0.2, -0.15) is 0 Å². The molecule has 2 saturated carbocycles. The molecule has 2 N–H and O–H groups in total. The number of carbonyl (C=O) groups excluding carboxylic acids is 1. The van der Waals surface area contributed by atoms with Crippen molar-refractivity contribution in [3.8, 4) is 0 Å². The third-order valence-corrected chi connectivity index (χ3v) is 7.36. The van der Waals surface area contributed by atoms with Crippen LogP contribution in [0.25, 0.3) is 11.0 Å². The highest BCUT2D eigenvalue weighted by molar-refractivity contribution is 5.80. The lowest BCUT2D eigenvalue weighted by atomic mass is 9.51. The van der Waals surface area contributed by atoms with Gasteiger partial charge in [-0.25, -0.2) is 9.78 Å². The van der Waals surface area contributed by atoms with Gasteiger partial charge in [0.15, 0.2) is 0 Å². The molecule has 27 heavy (non-hydrogen) atoms. The van der Waals surface area contributed by atoms with Gasteiger partial charge in [-0.3, -0.25) is 0 Å². The van der Waals surface area contributed by atoms with Gasteiger partial charge in [0.1, 0.15) is 5.65 Å². The van der Waals surface area contributed by atoms with Crippen molar-refractivity contribution in [1.82, 2.24) is 20.2 Å². The summed E-state index contributed by atoms with van der Waals surface area (Å²) in [6.45, 7) is 1.63. The van der Waals surface area contributed by atoms with Crippen LogP contribution in [0.1, 0.15) is 50.0 Å². The maximum atomic E-state index is 12.8. The lowest BCUT2D eigenvalue weighted by Crippen LogP contribution is -2.68. The zero-order valence-electron chi connectivity index (χ0n) is 15.9. The second-order valence-electron chi connectivity index (χ2n) is 8.45. The van der Waals surface area contributed by atoms with Gasteiger partial charge < -0.3 is 19.9 Å². The first-order valence-electron chi connectivity index (χ1n) is 10.2. The minimum Gasteiger partial charge on any atom is -0.381 e. The number of nitrogens with zero attached hydrogens (tertiary/aromatic N) is 2. The molecule has 3 aliphatic rings. The van der Waals surface area contributed by atoms with Crippen LogP contribution in [-0.2, 0) is 4.74 Å². The van der Waals surface area contributed by atoms with Gasteiger partial charge in [0.2, 0.25) is 0 Å². The predicted molar refractivity (Wildman–Crippen MR) is 104 cm³/mol. The van der Waals surface area contributed by atoms with Gasteiger partial charge in [-0.15, -0.1) is 0 Å². The van der Waals surface area contributed by atoms with E-state index >= 15 is 0 Å². The third kappa shape index (κ3) is 2.64. The Hall–Kier alpha value is -2.08. The summed E-state index contributed by atoms with van der Waals surface area (Å²) in [4.78, 5) is 22.4. The molecule has 1 aliphatic heterocycles. The number of hydrogen-bond donors (Lipinski definition) is 2. The molecule has 0 aromatic carbocycles. The number of H-pyrrole nitrogens is 1. The molecule has 6 nitrogen and oxygen atoms in total. The Labute approximate surface area is 159 Å². The second kappa shape index (κ2) is 6.51. The topological polar surface area (TPSA) is 70.2 Å². The Balaban J connectivity index is 1.19. The normalized spacial score (nSPS) is 27.4. The van der Waals surface area contributed by atoms with Gasteiger partial charge in [-0.05, 0) is 55.7 Å². The number of hydrogen-bond acceptors (Lipinski definition) is 3. The molecule has 2 amide bonds. The molecule has 3 heterocycles. The number of pyridine rings is 1. The number of nitrogens with one attached hydrogen (secondary N) is 2. The van der Waals surface area contributed by atoms with Crippen molar-refractivity contribution < 1.29 is 9.53 Å². The van der Waals surface area contributed by atoms with Crippen LogP contribution in [0.3, 0.4) is 0 Å². The largest absolute Gasteiger partial charge is 0.381 e. The van der Waals surface area contributed by atoms with E-state index < -0.39 is 0 Å². The number of fused-ring (bicyclic) bond motifs is 1. The van der Waals surface area contributed by atoms with E-state index in [4.69, 9.17) is 4.74 Å². The smallest absolute Gasteiger partial charge is 0.317 e. The van der Waals surface area contributed by atoms with Crippen LogP contribution in [-0.4, -0.2) is 53.2 Å². The fourth-order valence-corrected chi connectivity index (χ4v) is 5.49. The molecule has 2 aliphatic carbocycles.